The largest absolute Gasteiger partial charge is 0.496 e. The lowest BCUT2D eigenvalue weighted by Crippen LogP contribution is -2.03. The fourth-order valence-corrected chi connectivity index (χ4v) is 1.89. The molecule has 4 nitrogen and oxygen atoms in total. The Kier molecular flexibility index (Phi) is 2.34. The van der Waals surface area contributed by atoms with Gasteiger partial charge in [0.1, 0.15) is 11.4 Å². The van der Waals surface area contributed by atoms with Crippen LogP contribution in [0.5, 0.6) is 5.75 Å². The van der Waals surface area contributed by atoms with Gasteiger partial charge in [-0.15, -0.1) is 0 Å². The number of benzene rings is 1. The van der Waals surface area contributed by atoms with Crippen molar-refractivity contribution >= 4 is 16.9 Å². The van der Waals surface area contributed by atoms with E-state index in [1.807, 2.05) is 19.1 Å². The first kappa shape index (κ1) is 10.5. The zero-order valence-corrected chi connectivity index (χ0v) is 9.44. The highest BCUT2D eigenvalue weighted by Crippen LogP contribution is 2.27. The molecule has 0 bridgehead atoms. The number of aryl methyl sites for hydroxylation is 2. The van der Waals surface area contributed by atoms with Crippen LogP contribution >= 0.6 is 0 Å². The number of fused-ring (bicyclic) bond motifs is 1. The smallest absolute Gasteiger partial charge is 0.352 e. The number of hydrogen-bond donors (Lipinski definition) is 1. The van der Waals surface area contributed by atoms with E-state index in [0.29, 0.717) is 0 Å². The maximum Gasteiger partial charge on any atom is 0.352 e. The lowest BCUT2D eigenvalue weighted by molar-refractivity contribution is 0.0687. The second kappa shape index (κ2) is 3.56. The van der Waals surface area contributed by atoms with Gasteiger partial charge in [0.25, 0.3) is 0 Å². The van der Waals surface area contributed by atoms with Gasteiger partial charge in [0.2, 0.25) is 0 Å². The Balaban J connectivity index is 2.77. The van der Waals surface area contributed by atoms with Crippen LogP contribution in [0.25, 0.3) is 10.9 Å². The zero-order chi connectivity index (χ0) is 11.9. The van der Waals surface area contributed by atoms with Gasteiger partial charge >= 0.3 is 5.97 Å². The Labute approximate surface area is 93.1 Å². The Hall–Kier alpha value is -1.97. The molecule has 1 aromatic carbocycles. The summed E-state index contributed by atoms with van der Waals surface area (Å²) in [6, 6.07) is 5.44. The molecule has 1 N–H and O–H groups in total. The number of carboxylic acids is 1. The van der Waals surface area contributed by atoms with Crippen molar-refractivity contribution in [2.75, 3.05) is 7.11 Å². The molecular formula is C12H13NO3. The van der Waals surface area contributed by atoms with Crippen LogP contribution in [-0.4, -0.2) is 22.8 Å². The summed E-state index contributed by atoms with van der Waals surface area (Å²) in [7, 11) is 3.35. The molecular weight excluding hydrogens is 206 g/mol. The van der Waals surface area contributed by atoms with Crippen LogP contribution < -0.4 is 4.74 Å². The maximum absolute atomic E-state index is 11.0. The minimum absolute atomic E-state index is 0.280. The molecule has 2 rings (SSSR count). The molecule has 0 saturated heterocycles. The summed E-state index contributed by atoms with van der Waals surface area (Å²) in [5, 5.41) is 9.89. The van der Waals surface area contributed by atoms with E-state index >= 15 is 0 Å². The average molecular weight is 219 g/mol. The normalized spacial score (nSPS) is 10.7. The minimum atomic E-state index is -0.921. The number of ether oxygens (including phenoxy) is 1. The van der Waals surface area contributed by atoms with Crippen molar-refractivity contribution in [3.05, 3.63) is 29.5 Å². The molecule has 0 fully saturated rings. The molecule has 0 spiro atoms. The number of methoxy groups -OCH3 is 1. The topological polar surface area (TPSA) is 51.5 Å². The number of aromatic carboxylic acids is 1. The molecule has 16 heavy (non-hydrogen) atoms. The highest BCUT2D eigenvalue weighted by molar-refractivity contribution is 5.95. The molecule has 0 radical (unpaired) electrons. The molecule has 1 aromatic heterocycles. The summed E-state index contributed by atoms with van der Waals surface area (Å²) in [5.74, 6) is -0.148. The quantitative estimate of drug-likeness (QED) is 0.842. The van der Waals surface area contributed by atoms with E-state index in [0.717, 1.165) is 22.2 Å². The first-order valence-electron chi connectivity index (χ1n) is 4.92. The summed E-state index contributed by atoms with van der Waals surface area (Å²) < 4.78 is 6.88. The second-order valence-electron chi connectivity index (χ2n) is 3.77. The Bertz CT molecular complexity index is 569. The van der Waals surface area contributed by atoms with Gasteiger partial charge in [-0.1, -0.05) is 0 Å². The van der Waals surface area contributed by atoms with E-state index < -0.39 is 5.97 Å². The van der Waals surface area contributed by atoms with Gasteiger partial charge in [-0.05, 0) is 30.7 Å². The fourth-order valence-electron chi connectivity index (χ4n) is 1.89. The minimum Gasteiger partial charge on any atom is -0.496 e. The molecule has 0 aliphatic rings. The van der Waals surface area contributed by atoms with Crippen molar-refractivity contribution in [3.8, 4) is 5.75 Å². The SMILES string of the molecule is COc1cc2cc(C(=O)O)n(C)c2cc1C. The molecule has 4 heteroatoms. The first-order valence-corrected chi connectivity index (χ1v) is 4.92. The van der Waals surface area contributed by atoms with Crippen LogP contribution in [0.1, 0.15) is 16.1 Å². The van der Waals surface area contributed by atoms with E-state index in [-0.39, 0.29) is 5.69 Å². The highest BCUT2D eigenvalue weighted by atomic mass is 16.5. The molecule has 0 atom stereocenters. The van der Waals surface area contributed by atoms with Crippen molar-refractivity contribution in [2.24, 2.45) is 7.05 Å². The summed E-state index contributed by atoms with van der Waals surface area (Å²) >= 11 is 0. The summed E-state index contributed by atoms with van der Waals surface area (Å²) in [6.07, 6.45) is 0. The van der Waals surface area contributed by atoms with Gasteiger partial charge in [0.15, 0.2) is 0 Å². The number of carboxylic acid groups (broad SMARTS) is 1. The van der Waals surface area contributed by atoms with E-state index in [2.05, 4.69) is 0 Å². The van der Waals surface area contributed by atoms with Crippen molar-refractivity contribution in [3.63, 3.8) is 0 Å². The lowest BCUT2D eigenvalue weighted by Gasteiger charge is -2.05. The number of rotatable bonds is 2. The second-order valence-corrected chi connectivity index (χ2v) is 3.77. The number of carbonyl (C=O) groups is 1. The van der Waals surface area contributed by atoms with Crippen LogP contribution in [0.2, 0.25) is 0 Å². The molecule has 0 saturated carbocycles. The maximum atomic E-state index is 11.0. The molecule has 1 heterocycles. The highest BCUT2D eigenvalue weighted by Gasteiger charge is 2.13. The summed E-state index contributed by atoms with van der Waals surface area (Å²) in [5.41, 5.74) is 2.17. The van der Waals surface area contributed by atoms with Gasteiger partial charge in [0.05, 0.1) is 7.11 Å². The molecule has 0 aliphatic carbocycles. The number of nitrogens with zero attached hydrogens (tertiary/aromatic N) is 1. The van der Waals surface area contributed by atoms with Crippen LogP contribution in [0.3, 0.4) is 0 Å². The summed E-state index contributed by atoms with van der Waals surface area (Å²) in [6.45, 7) is 1.94. The van der Waals surface area contributed by atoms with Crippen molar-refractivity contribution in [2.45, 2.75) is 6.92 Å². The fraction of sp³-hybridized carbons (Fsp3) is 0.250. The third-order valence-corrected chi connectivity index (χ3v) is 2.78. The third-order valence-electron chi connectivity index (χ3n) is 2.78. The molecule has 0 amide bonds. The number of hydrogen-bond acceptors (Lipinski definition) is 2. The molecule has 0 aliphatic heterocycles. The van der Waals surface area contributed by atoms with Gasteiger partial charge in [-0.2, -0.15) is 0 Å². The average Bonchev–Trinajstić information content (AvgIpc) is 2.55. The van der Waals surface area contributed by atoms with E-state index in [1.165, 1.54) is 0 Å². The van der Waals surface area contributed by atoms with Gasteiger partial charge in [-0.3, -0.25) is 0 Å². The van der Waals surface area contributed by atoms with E-state index in [1.54, 1.807) is 24.8 Å². The van der Waals surface area contributed by atoms with Crippen molar-refractivity contribution < 1.29 is 14.6 Å². The molecule has 0 unspecified atom stereocenters. The third kappa shape index (κ3) is 1.43. The molecule has 2 aromatic rings. The molecule has 84 valence electrons. The monoisotopic (exact) mass is 219 g/mol. The number of aromatic nitrogens is 1. The zero-order valence-electron chi connectivity index (χ0n) is 9.44. The van der Waals surface area contributed by atoms with Crippen LogP contribution in [0.15, 0.2) is 18.2 Å². The predicted octanol–water partition coefficient (Wildman–Crippen LogP) is 2.19. The summed E-state index contributed by atoms with van der Waals surface area (Å²) in [4.78, 5) is 11.0. The van der Waals surface area contributed by atoms with Crippen molar-refractivity contribution in [1.82, 2.24) is 4.57 Å². The van der Waals surface area contributed by atoms with Crippen molar-refractivity contribution in [1.29, 1.82) is 0 Å². The lowest BCUT2D eigenvalue weighted by atomic mass is 10.1. The van der Waals surface area contributed by atoms with Gasteiger partial charge in [-0.25, -0.2) is 4.79 Å². The Morgan fingerprint density at radius 2 is 2.06 bits per heavy atom. The predicted molar refractivity (Wildman–Crippen MR) is 61.2 cm³/mol. The van der Waals surface area contributed by atoms with Gasteiger partial charge in [0, 0.05) is 18.0 Å². The van der Waals surface area contributed by atoms with E-state index in [4.69, 9.17) is 9.84 Å². The van der Waals surface area contributed by atoms with Gasteiger partial charge < -0.3 is 14.4 Å². The standard InChI is InChI=1S/C12H13NO3/c1-7-4-9-8(6-11(7)16-3)5-10(12(14)15)13(9)2/h4-6H,1-3H3,(H,14,15). The Morgan fingerprint density at radius 3 is 2.62 bits per heavy atom. The van der Waals surface area contributed by atoms with Crippen LogP contribution in [-0.2, 0) is 7.05 Å². The van der Waals surface area contributed by atoms with E-state index in [9.17, 15) is 4.79 Å². The first-order chi connectivity index (χ1) is 7.54. The van der Waals surface area contributed by atoms with Crippen LogP contribution in [0.4, 0.5) is 0 Å². The Morgan fingerprint density at radius 1 is 1.38 bits per heavy atom. The van der Waals surface area contributed by atoms with Crippen LogP contribution in [0, 0.1) is 6.92 Å².